The number of hydrogen-bond acceptors (Lipinski definition) is 4. The van der Waals surface area contributed by atoms with Crippen LogP contribution in [0.4, 0.5) is 5.95 Å². The van der Waals surface area contributed by atoms with Crippen molar-refractivity contribution in [1.29, 1.82) is 0 Å². The van der Waals surface area contributed by atoms with Crippen LogP contribution >= 0.6 is 0 Å². The van der Waals surface area contributed by atoms with Crippen molar-refractivity contribution in [3.05, 3.63) is 5.69 Å². The molecule has 19 heavy (non-hydrogen) atoms. The number of fused-ring (bicyclic) bond motifs is 1. The van der Waals surface area contributed by atoms with Gasteiger partial charge in [-0.15, -0.1) is 0 Å². The van der Waals surface area contributed by atoms with Crippen LogP contribution in [0.3, 0.4) is 0 Å². The monoisotopic (exact) mass is 263 g/mol. The molecule has 1 atom stereocenters. The molecule has 1 aliphatic rings. The van der Waals surface area contributed by atoms with E-state index in [0.717, 1.165) is 42.7 Å². The molecule has 1 saturated heterocycles. The molecule has 2 N–H and O–H groups in total. The van der Waals surface area contributed by atoms with Gasteiger partial charge in [0.2, 0.25) is 5.95 Å². The van der Waals surface area contributed by atoms with E-state index in [2.05, 4.69) is 28.5 Å². The molecule has 2 aromatic heterocycles. The summed E-state index contributed by atoms with van der Waals surface area (Å²) in [7, 11) is 1.95. The third-order valence-corrected chi connectivity index (χ3v) is 4.02. The Hall–Kier alpha value is -1.56. The second-order valence-electron chi connectivity index (χ2n) is 5.55. The quantitative estimate of drug-likeness (QED) is 0.890. The van der Waals surface area contributed by atoms with Crippen molar-refractivity contribution in [1.82, 2.24) is 19.3 Å². The van der Waals surface area contributed by atoms with Crippen LogP contribution in [0.15, 0.2) is 0 Å². The highest BCUT2D eigenvalue weighted by atomic mass is 16.5. The van der Waals surface area contributed by atoms with Crippen LogP contribution in [-0.4, -0.2) is 32.5 Å². The summed E-state index contributed by atoms with van der Waals surface area (Å²) in [5.74, 6) is 0.561. The molecule has 0 bridgehead atoms. The predicted octanol–water partition coefficient (Wildman–Crippen LogP) is 1.44. The lowest BCUT2D eigenvalue weighted by molar-refractivity contribution is 0.0120. The van der Waals surface area contributed by atoms with Gasteiger partial charge in [-0.1, -0.05) is 6.92 Å². The molecule has 1 fully saturated rings. The molecule has 104 valence electrons. The van der Waals surface area contributed by atoms with Gasteiger partial charge in [0, 0.05) is 13.7 Å². The van der Waals surface area contributed by atoms with E-state index < -0.39 is 0 Å². The zero-order valence-corrected chi connectivity index (χ0v) is 11.8. The normalized spacial score (nSPS) is 24.2. The van der Waals surface area contributed by atoms with E-state index in [0.29, 0.717) is 12.6 Å². The fraction of sp³-hybridized carbons (Fsp3) is 0.692. The number of hydrogen-bond donors (Lipinski definition) is 1. The van der Waals surface area contributed by atoms with Gasteiger partial charge in [-0.3, -0.25) is 9.25 Å². The zero-order chi connectivity index (χ0) is 13.6. The van der Waals surface area contributed by atoms with Gasteiger partial charge in [0.1, 0.15) is 5.52 Å². The third kappa shape index (κ3) is 1.74. The highest BCUT2D eigenvalue weighted by Gasteiger charge is 2.34. The molecule has 2 aromatic rings. The lowest BCUT2D eigenvalue weighted by Crippen LogP contribution is -2.40. The second-order valence-corrected chi connectivity index (χ2v) is 5.55. The van der Waals surface area contributed by atoms with Crippen molar-refractivity contribution in [2.45, 2.75) is 38.6 Å². The highest BCUT2D eigenvalue weighted by molar-refractivity contribution is 5.78. The van der Waals surface area contributed by atoms with Crippen LogP contribution in [0.25, 0.3) is 11.2 Å². The van der Waals surface area contributed by atoms with Crippen LogP contribution < -0.4 is 5.73 Å². The highest BCUT2D eigenvalue weighted by Crippen LogP contribution is 2.34. The Kier molecular flexibility index (Phi) is 2.78. The Bertz CT molecular complexity index is 606. The van der Waals surface area contributed by atoms with Gasteiger partial charge in [0.25, 0.3) is 0 Å². The van der Waals surface area contributed by atoms with Gasteiger partial charge in [0.15, 0.2) is 5.65 Å². The fourth-order valence-corrected chi connectivity index (χ4v) is 3.06. The molecular weight excluding hydrogens is 242 g/mol. The van der Waals surface area contributed by atoms with Crippen molar-refractivity contribution < 1.29 is 4.74 Å². The van der Waals surface area contributed by atoms with Gasteiger partial charge in [-0.25, -0.2) is 4.98 Å². The van der Waals surface area contributed by atoms with Crippen molar-refractivity contribution in [3.63, 3.8) is 0 Å². The molecule has 0 aromatic carbocycles. The molecule has 6 nitrogen and oxygen atoms in total. The van der Waals surface area contributed by atoms with E-state index in [1.54, 1.807) is 0 Å². The summed E-state index contributed by atoms with van der Waals surface area (Å²) in [6, 6.07) is 0. The molecule has 0 aliphatic carbocycles. The number of nitrogens with zero attached hydrogens (tertiary/aromatic N) is 4. The van der Waals surface area contributed by atoms with E-state index in [9.17, 15) is 0 Å². The number of imidazole rings is 1. The molecule has 1 aliphatic heterocycles. The molecule has 3 rings (SSSR count). The molecule has 3 heterocycles. The third-order valence-electron chi connectivity index (χ3n) is 4.02. The minimum atomic E-state index is -0.129. The van der Waals surface area contributed by atoms with E-state index in [4.69, 9.17) is 10.5 Å². The number of anilines is 1. The molecule has 0 saturated carbocycles. The van der Waals surface area contributed by atoms with Crippen molar-refractivity contribution >= 4 is 17.1 Å². The Balaban J connectivity index is 2.22. The van der Waals surface area contributed by atoms with Gasteiger partial charge in [0.05, 0.1) is 17.8 Å². The lowest BCUT2D eigenvalue weighted by Gasteiger charge is -2.35. The molecule has 1 unspecified atom stereocenters. The standard InChI is InChI=1S/C13H21N5O/c1-4-9-10-11(17(3)16-9)18(12(14)15-10)13(2)6-5-7-19-8-13/h4-8H2,1-3H3,(H2,14,15). The number of nitrogens with two attached hydrogens (primary N) is 1. The van der Waals surface area contributed by atoms with Crippen LogP contribution in [0.1, 0.15) is 32.4 Å². The first-order chi connectivity index (χ1) is 9.07. The number of rotatable bonds is 2. The molecule has 0 amide bonds. The van der Waals surface area contributed by atoms with Gasteiger partial charge in [-0.05, 0) is 26.2 Å². The Morgan fingerprint density at radius 1 is 1.47 bits per heavy atom. The number of nitrogen functional groups attached to an aromatic ring is 1. The van der Waals surface area contributed by atoms with E-state index >= 15 is 0 Å². The number of aryl methyl sites for hydroxylation is 2. The summed E-state index contributed by atoms with van der Waals surface area (Å²) < 4.78 is 9.64. The summed E-state index contributed by atoms with van der Waals surface area (Å²) in [5.41, 5.74) is 8.96. The van der Waals surface area contributed by atoms with Crippen LogP contribution in [-0.2, 0) is 23.7 Å². The average molecular weight is 263 g/mol. The minimum absolute atomic E-state index is 0.129. The molecular formula is C13H21N5O. The largest absolute Gasteiger partial charge is 0.379 e. The summed E-state index contributed by atoms with van der Waals surface area (Å²) in [6.07, 6.45) is 2.96. The van der Waals surface area contributed by atoms with Crippen molar-refractivity contribution in [2.75, 3.05) is 18.9 Å². The van der Waals surface area contributed by atoms with Gasteiger partial charge >= 0.3 is 0 Å². The van der Waals surface area contributed by atoms with Crippen molar-refractivity contribution in [2.24, 2.45) is 7.05 Å². The maximum absolute atomic E-state index is 6.16. The Labute approximate surface area is 112 Å². The number of aromatic nitrogens is 4. The summed E-state index contributed by atoms with van der Waals surface area (Å²) in [5, 5.41) is 4.53. The summed E-state index contributed by atoms with van der Waals surface area (Å²) >= 11 is 0. The maximum Gasteiger partial charge on any atom is 0.203 e. The van der Waals surface area contributed by atoms with Crippen LogP contribution in [0, 0.1) is 0 Å². The zero-order valence-electron chi connectivity index (χ0n) is 11.8. The SMILES string of the molecule is CCc1nn(C)c2c1nc(N)n2C1(C)CCCOC1. The van der Waals surface area contributed by atoms with Gasteiger partial charge < -0.3 is 10.5 Å². The second kappa shape index (κ2) is 4.23. The maximum atomic E-state index is 6.16. The average Bonchev–Trinajstić information content (AvgIpc) is 2.87. The molecule has 6 heteroatoms. The van der Waals surface area contributed by atoms with E-state index in [-0.39, 0.29) is 5.54 Å². The first-order valence-corrected chi connectivity index (χ1v) is 6.85. The van der Waals surface area contributed by atoms with Crippen molar-refractivity contribution in [3.8, 4) is 0 Å². The molecule has 0 radical (unpaired) electrons. The number of ether oxygens (including phenoxy) is 1. The fourth-order valence-electron chi connectivity index (χ4n) is 3.06. The Morgan fingerprint density at radius 3 is 2.89 bits per heavy atom. The first-order valence-electron chi connectivity index (χ1n) is 6.85. The topological polar surface area (TPSA) is 70.9 Å². The smallest absolute Gasteiger partial charge is 0.203 e. The Morgan fingerprint density at radius 2 is 2.26 bits per heavy atom. The summed E-state index contributed by atoms with van der Waals surface area (Å²) in [6.45, 7) is 5.78. The van der Waals surface area contributed by atoms with Crippen LogP contribution in [0.2, 0.25) is 0 Å². The first kappa shape index (κ1) is 12.5. The lowest BCUT2D eigenvalue weighted by atomic mass is 9.94. The molecule has 0 spiro atoms. The van der Waals surface area contributed by atoms with Crippen LogP contribution in [0.5, 0.6) is 0 Å². The summed E-state index contributed by atoms with van der Waals surface area (Å²) in [4.78, 5) is 4.53. The predicted molar refractivity (Wildman–Crippen MR) is 74.0 cm³/mol. The van der Waals surface area contributed by atoms with E-state index in [1.807, 2.05) is 11.7 Å². The van der Waals surface area contributed by atoms with Gasteiger partial charge in [-0.2, -0.15) is 5.10 Å². The minimum Gasteiger partial charge on any atom is -0.379 e. The van der Waals surface area contributed by atoms with E-state index in [1.165, 1.54) is 0 Å².